The Labute approximate surface area is 141 Å². The summed E-state index contributed by atoms with van der Waals surface area (Å²) in [4.78, 5) is 13.0. The average Bonchev–Trinajstić information content (AvgIpc) is 2.86. The summed E-state index contributed by atoms with van der Waals surface area (Å²) in [5.41, 5.74) is 8.33. The summed E-state index contributed by atoms with van der Waals surface area (Å²) in [6.07, 6.45) is 0. The number of aromatic nitrogens is 4. The van der Waals surface area contributed by atoms with E-state index in [1.54, 1.807) is 7.11 Å². The molecule has 0 aliphatic heterocycles. The number of nitrogens with two attached hydrogens (primary N) is 1. The minimum absolute atomic E-state index is 0.223. The van der Waals surface area contributed by atoms with E-state index in [0.717, 1.165) is 5.56 Å². The van der Waals surface area contributed by atoms with E-state index >= 15 is 0 Å². The van der Waals surface area contributed by atoms with Crippen LogP contribution in [-0.4, -0.2) is 55.9 Å². The maximum absolute atomic E-state index is 5.98. The van der Waals surface area contributed by atoms with Crippen molar-refractivity contribution in [2.45, 2.75) is 6.54 Å². The minimum atomic E-state index is 0.223. The number of anilines is 1. The molecule has 0 bridgehead atoms. The number of benzene rings is 1. The summed E-state index contributed by atoms with van der Waals surface area (Å²) in [6, 6.07) is 10.3. The van der Waals surface area contributed by atoms with E-state index in [0.29, 0.717) is 41.5 Å². The van der Waals surface area contributed by atoms with Gasteiger partial charge in [0.15, 0.2) is 0 Å². The Balaban J connectivity index is 1.98. The fourth-order valence-electron chi connectivity index (χ4n) is 2.17. The van der Waals surface area contributed by atoms with Gasteiger partial charge in [-0.05, 0) is 0 Å². The summed E-state index contributed by atoms with van der Waals surface area (Å²) in [5.74, 6) is 0.297. The Morgan fingerprint density at radius 3 is 2.65 bits per heavy atom. The van der Waals surface area contributed by atoms with E-state index in [2.05, 4.69) is 31.0 Å². The zero-order valence-corrected chi connectivity index (χ0v) is 14.3. The van der Waals surface area contributed by atoms with Gasteiger partial charge in [0.05, 0.1) is 0 Å². The summed E-state index contributed by atoms with van der Waals surface area (Å²) in [5, 5.41) is 0. The molecule has 0 atom stereocenters. The van der Waals surface area contributed by atoms with Gasteiger partial charge in [0.1, 0.15) is 0 Å². The molecule has 0 fully saturated rings. The second-order valence-corrected chi connectivity index (χ2v) is 5.64. The maximum atomic E-state index is 5.98. The Morgan fingerprint density at radius 2 is 1.91 bits per heavy atom. The Kier molecular flexibility index (Phi) is 4.76. The molecule has 0 unspecified atom stereocenters. The third-order valence-corrected chi connectivity index (χ3v) is 3.92. The van der Waals surface area contributed by atoms with E-state index in [1.807, 2.05) is 34.9 Å². The number of hydrogen-bond donors (Lipinski definition) is 1. The van der Waals surface area contributed by atoms with Crippen LogP contribution in [0.25, 0.3) is 11.2 Å². The molecule has 2 heterocycles. The number of methoxy groups -OCH3 is 1. The predicted molar refractivity (Wildman–Crippen MR) is 88.0 cm³/mol. The monoisotopic (exact) mass is 378 g/mol. The van der Waals surface area contributed by atoms with Crippen LogP contribution in [0.15, 0.2) is 30.3 Å². The second-order valence-electron chi connectivity index (χ2n) is 4.87. The van der Waals surface area contributed by atoms with Crippen molar-refractivity contribution in [3.63, 3.8) is 0 Å². The van der Waals surface area contributed by atoms with Gasteiger partial charge in [-0.3, -0.25) is 0 Å². The quantitative estimate of drug-likeness (QED) is 0.490. The molecule has 0 saturated heterocycles. The molecule has 0 spiro atoms. The zero-order valence-electron chi connectivity index (χ0n) is 12.6. The van der Waals surface area contributed by atoms with Crippen LogP contribution in [0.2, 0.25) is 0 Å². The molecule has 1 radical (unpaired) electrons. The summed E-state index contributed by atoms with van der Waals surface area (Å²) in [7, 11) is 1.61. The third kappa shape index (κ3) is 3.44. The SMILES string of the molecule is COCCOc1nc(N)c2nc([Se])n(Cc3ccccc3)c2n1. The number of ether oxygens (including phenoxy) is 2. The third-order valence-electron chi connectivity index (χ3n) is 3.27. The van der Waals surface area contributed by atoms with Gasteiger partial charge < -0.3 is 0 Å². The van der Waals surface area contributed by atoms with E-state index in [4.69, 9.17) is 15.2 Å². The molecule has 2 N–H and O–H groups in total. The number of rotatable bonds is 6. The number of fused-ring (bicyclic) bond motifs is 1. The Hall–Kier alpha value is -2.15. The van der Waals surface area contributed by atoms with Crippen LogP contribution in [0.1, 0.15) is 5.56 Å². The molecule has 3 rings (SSSR count). The average molecular weight is 377 g/mol. The summed E-state index contributed by atoms with van der Waals surface area (Å²) >= 11 is 2.95. The molecule has 0 aliphatic rings. The zero-order chi connectivity index (χ0) is 16.2. The van der Waals surface area contributed by atoms with Crippen LogP contribution < -0.4 is 15.2 Å². The number of imidazole rings is 1. The van der Waals surface area contributed by atoms with Gasteiger partial charge in [-0.25, -0.2) is 0 Å². The molecule has 119 valence electrons. The van der Waals surface area contributed by atoms with Gasteiger partial charge in [-0.1, -0.05) is 0 Å². The first kappa shape index (κ1) is 15.7. The number of hydrogen-bond acceptors (Lipinski definition) is 6. The van der Waals surface area contributed by atoms with Crippen molar-refractivity contribution in [3.05, 3.63) is 35.9 Å². The number of nitrogens with zero attached hydrogens (tertiary/aromatic N) is 4. The molecular weight excluding hydrogens is 361 g/mol. The fourth-order valence-corrected chi connectivity index (χ4v) is 2.68. The molecule has 7 nitrogen and oxygen atoms in total. The van der Waals surface area contributed by atoms with Crippen LogP contribution in [-0.2, 0) is 11.3 Å². The van der Waals surface area contributed by atoms with E-state index in [1.165, 1.54) is 0 Å². The summed E-state index contributed by atoms with van der Waals surface area (Å²) in [6.45, 7) is 1.45. The van der Waals surface area contributed by atoms with E-state index < -0.39 is 0 Å². The molecule has 0 aliphatic carbocycles. The molecule has 2 aromatic heterocycles. The van der Waals surface area contributed by atoms with Crippen LogP contribution in [0.3, 0.4) is 0 Å². The van der Waals surface area contributed by atoms with Gasteiger partial charge in [0.25, 0.3) is 0 Å². The molecule has 3 aromatic rings. The molecule has 8 heteroatoms. The van der Waals surface area contributed by atoms with Crippen molar-refractivity contribution in [2.24, 2.45) is 0 Å². The first-order valence-electron chi connectivity index (χ1n) is 7.05. The van der Waals surface area contributed by atoms with Crippen molar-refractivity contribution >= 4 is 37.7 Å². The van der Waals surface area contributed by atoms with Crippen molar-refractivity contribution < 1.29 is 9.47 Å². The molecule has 0 saturated carbocycles. The molecule has 23 heavy (non-hydrogen) atoms. The number of nitrogen functional groups attached to an aromatic ring is 1. The molecule has 1 aromatic carbocycles. The standard InChI is InChI=1S/C15H16N5O2Se/c1-21-7-8-22-14-18-12(16)11-13(19-14)20(15(23)17-11)9-10-5-3-2-4-6-10/h2-6H,7-9H2,1H3,(H2,16,18,19). The Bertz CT molecular complexity index is 806. The van der Waals surface area contributed by atoms with Crippen molar-refractivity contribution in [2.75, 3.05) is 26.1 Å². The van der Waals surface area contributed by atoms with Gasteiger partial charge >= 0.3 is 141 Å². The van der Waals surface area contributed by atoms with Crippen molar-refractivity contribution in [3.8, 4) is 6.01 Å². The topological polar surface area (TPSA) is 88.1 Å². The Morgan fingerprint density at radius 1 is 1.13 bits per heavy atom. The molecular formula is C15H16N5O2Se. The normalized spacial score (nSPS) is 11.0. The first-order chi connectivity index (χ1) is 11.2. The van der Waals surface area contributed by atoms with Crippen molar-refractivity contribution in [1.82, 2.24) is 19.5 Å². The fraction of sp³-hybridized carbons (Fsp3) is 0.267. The van der Waals surface area contributed by atoms with Crippen LogP contribution >= 0.6 is 0 Å². The van der Waals surface area contributed by atoms with E-state index in [-0.39, 0.29) is 6.01 Å². The second kappa shape index (κ2) is 6.95. The van der Waals surface area contributed by atoms with Gasteiger partial charge in [0, 0.05) is 0 Å². The van der Waals surface area contributed by atoms with Crippen LogP contribution in [0.5, 0.6) is 6.01 Å². The molecule has 0 amide bonds. The van der Waals surface area contributed by atoms with Gasteiger partial charge in [-0.2, -0.15) is 0 Å². The van der Waals surface area contributed by atoms with Crippen molar-refractivity contribution in [1.29, 1.82) is 0 Å². The van der Waals surface area contributed by atoms with Crippen LogP contribution in [0.4, 0.5) is 5.82 Å². The van der Waals surface area contributed by atoms with Gasteiger partial charge in [0.2, 0.25) is 0 Å². The van der Waals surface area contributed by atoms with E-state index in [9.17, 15) is 0 Å². The van der Waals surface area contributed by atoms with Crippen LogP contribution in [0, 0.1) is 0 Å². The van der Waals surface area contributed by atoms with Gasteiger partial charge in [-0.15, -0.1) is 0 Å². The predicted octanol–water partition coefficient (Wildman–Crippen LogP) is 0.276. The first-order valence-corrected chi connectivity index (χ1v) is 7.91. The summed E-state index contributed by atoms with van der Waals surface area (Å²) < 4.78 is 13.1.